The molecule has 6 heteroatoms. The van der Waals surface area contributed by atoms with Crippen molar-refractivity contribution in [2.75, 3.05) is 14.1 Å². The Labute approximate surface area is 143 Å². The maximum Gasteiger partial charge on any atom is 0.194 e. The zero-order valence-electron chi connectivity index (χ0n) is 13.1. The van der Waals surface area contributed by atoms with Crippen LogP contribution in [0.4, 0.5) is 0 Å². The van der Waals surface area contributed by atoms with Gasteiger partial charge in [-0.3, -0.25) is 4.99 Å². The van der Waals surface area contributed by atoms with Crippen LogP contribution in [0.25, 0.3) is 0 Å². The number of halogens is 1. The van der Waals surface area contributed by atoms with Crippen LogP contribution in [0, 0.1) is 0 Å². The molecule has 0 bridgehead atoms. The maximum absolute atomic E-state index is 4.34. The van der Waals surface area contributed by atoms with Crippen LogP contribution in [0.15, 0.2) is 41.8 Å². The Morgan fingerprint density at radius 3 is 2.57 bits per heavy atom. The van der Waals surface area contributed by atoms with Crippen LogP contribution in [-0.4, -0.2) is 34.1 Å². The number of nitrogens with zero attached hydrogens (tertiary/aromatic N) is 4. The van der Waals surface area contributed by atoms with Crippen molar-refractivity contribution >= 4 is 29.9 Å². The number of rotatable bonds is 4. The first kappa shape index (κ1) is 17.6. The highest BCUT2D eigenvalue weighted by molar-refractivity contribution is 14.0. The highest BCUT2D eigenvalue weighted by Gasteiger charge is 2.08. The van der Waals surface area contributed by atoms with Gasteiger partial charge in [0.1, 0.15) is 0 Å². The first-order valence-corrected chi connectivity index (χ1v) is 6.73. The molecule has 0 spiro atoms. The van der Waals surface area contributed by atoms with E-state index in [1.807, 2.05) is 31.9 Å². The van der Waals surface area contributed by atoms with E-state index in [1.54, 1.807) is 0 Å². The summed E-state index contributed by atoms with van der Waals surface area (Å²) in [5, 5.41) is 3.38. The van der Waals surface area contributed by atoms with Crippen molar-refractivity contribution < 1.29 is 0 Å². The third-order valence-electron chi connectivity index (χ3n) is 3.37. The van der Waals surface area contributed by atoms with Gasteiger partial charge in [0.15, 0.2) is 5.96 Å². The number of guanidine groups is 1. The molecule has 116 valence electrons. The van der Waals surface area contributed by atoms with Gasteiger partial charge in [-0.05, 0) is 23.8 Å². The van der Waals surface area contributed by atoms with Crippen LogP contribution >= 0.6 is 24.0 Å². The minimum Gasteiger partial charge on any atom is -0.357 e. The molecular weight excluding hydrogens is 377 g/mol. The fourth-order valence-electron chi connectivity index (χ4n) is 2.21. The molecule has 5 nitrogen and oxygen atoms in total. The van der Waals surface area contributed by atoms with E-state index in [1.165, 1.54) is 11.3 Å². The first-order chi connectivity index (χ1) is 9.60. The van der Waals surface area contributed by atoms with E-state index in [0.29, 0.717) is 0 Å². The van der Waals surface area contributed by atoms with Crippen LogP contribution < -0.4 is 5.32 Å². The molecule has 1 N–H and O–H groups in total. The molecule has 2 heterocycles. The Hall–Kier alpha value is -1.44. The van der Waals surface area contributed by atoms with Crippen LogP contribution in [-0.2, 0) is 27.2 Å². The van der Waals surface area contributed by atoms with Gasteiger partial charge in [-0.25, -0.2) is 0 Å². The Bertz CT molecular complexity index is 584. The van der Waals surface area contributed by atoms with E-state index in [9.17, 15) is 0 Å². The van der Waals surface area contributed by atoms with Crippen molar-refractivity contribution in [3.63, 3.8) is 0 Å². The van der Waals surface area contributed by atoms with Gasteiger partial charge >= 0.3 is 0 Å². The molecule has 0 fully saturated rings. The average molecular weight is 401 g/mol. The second-order valence-electron chi connectivity index (χ2n) is 5.05. The summed E-state index contributed by atoms with van der Waals surface area (Å²) in [5.41, 5.74) is 2.51. The Morgan fingerprint density at radius 1 is 1.29 bits per heavy atom. The third kappa shape index (κ3) is 4.80. The van der Waals surface area contributed by atoms with Crippen molar-refractivity contribution in [2.45, 2.75) is 13.1 Å². The van der Waals surface area contributed by atoms with Crippen molar-refractivity contribution in [1.82, 2.24) is 19.4 Å². The lowest BCUT2D eigenvalue weighted by Gasteiger charge is -2.22. The predicted molar refractivity (Wildman–Crippen MR) is 97.9 cm³/mol. The number of aromatic nitrogens is 2. The van der Waals surface area contributed by atoms with Crippen molar-refractivity contribution in [3.05, 3.63) is 48.0 Å². The van der Waals surface area contributed by atoms with E-state index in [2.05, 4.69) is 57.4 Å². The summed E-state index contributed by atoms with van der Waals surface area (Å²) in [6.45, 7) is 1.61. The van der Waals surface area contributed by atoms with E-state index >= 15 is 0 Å². The summed E-state index contributed by atoms with van der Waals surface area (Å²) >= 11 is 0. The number of hydrogen-bond donors (Lipinski definition) is 1. The van der Waals surface area contributed by atoms with Gasteiger partial charge in [-0.15, -0.1) is 24.0 Å². The maximum atomic E-state index is 4.34. The summed E-state index contributed by atoms with van der Waals surface area (Å²) in [5.74, 6) is 0.898. The number of nitrogens with one attached hydrogen (secondary N) is 1. The molecule has 0 unspecified atom stereocenters. The molecule has 0 radical (unpaired) electrons. The van der Waals surface area contributed by atoms with Gasteiger partial charge in [0, 0.05) is 59.0 Å². The largest absolute Gasteiger partial charge is 0.357 e. The molecule has 2 aromatic heterocycles. The normalized spacial score (nSPS) is 11.1. The summed E-state index contributed by atoms with van der Waals surface area (Å²) in [6.07, 6.45) is 6.22. The number of aryl methyl sites for hydroxylation is 2. The van der Waals surface area contributed by atoms with Crippen molar-refractivity contribution in [2.24, 2.45) is 19.1 Å². The summed E-state index contributed by atoms with van der Waals surface area (Å²) in [4.78, 5) is 6.46. The quantitative estimate of drug-likeness (QED) is 0.485. The lowest BCUT2D eigenvalue weighted by atomic mass is 10.3. The van der Waals surface area contributed by atoms with Gasteiger partial charge in [0.25, 0.3) is 0 Å². The molecule has 0 aliphatic carbocycles. The highest BCUT2D eigenvalue weighted by atomic mass is 127. The Kier molecular flexibility index (Phi) is 6.80. The molecule has 0 saturated carbocycles. The van der Waals surface area contributed by atoms with Gasteiger partial charge in [-0.2, -0.15) is 0 Å². The molecular formula is C15H24IN5. The molecule has 0 atom stereocenters. The monoisotopic (exact) mass is 401 g/mol. The van der Waals surface area contributed by atoms with Gasteiger partial charge < -0.3 is 19.4 Å². The predicted octanol–water partition coefficient (Wildman–Crippen LogP) is 2.19. The minimum atomic E-state index is 0. The Balaban J connectivity index is 0.00000220. The molecule has 0 amide bonds. The second-order valence-corrected chi connectivity index (χ2v) is 5.05. The van der Waals surface area contributed by atoms with Crippen LogP contribution in [0.2, 0.25) is 0 Å². The molecule has 0 aliphatic heterocycles. The molecule has 2 rings (SSSR count). The fraction of sp³-hybridized carbons (Fsp3) is 0.400. The highest BCUT2D eigenvalue weighted by Crippen LogP contribution is 2.04. The summed E-state index contributed by atoms with van der Waals surface area (Å²) in [7, 11) is 7.95. The van der Waals surface area contributed by atoms with Crippen molar-refractivity contribution in [3.8, 4) is 0 Å². The average Bonchev–Trinajstić information content (AvgIpc) is 3.00. The van der Waals surface area contributed by atoms with Crippen LogP contribution in [0.3, 0.4) is 0 Å². The fourth-order valence-corrected chi connectivity index (χ4v) is 2.21. The van der Waals surface area contributed by atoms with E-state index in [0.717, 1.165) is 19.0 Å². The van der Waals surface area contributed by atoms with Gasteiger partial charge in [0.05, 0.1) is 6.54 Å². The van der Waals surface area contributed by atoms with Crippen LogP contribution in [0.5, 0.6) is 0 Å². The smallest absolute Gasteiger partial charge is 0.194 e. The zero-order valence-corrected chi connectivity index (χ0v) is 15.4. The zero-order chi connectivity index (χ0) is 14.5. The lowest BCUT2D eigenvalue weighted by molar-refractivity contribution is 0.461. The summed E-state index contributed by atoms with van der Waals surface area (Å²) in [6, 6.07) is 6.29. The molecule has 2 aromatic rings. The van der Waals surface area contributed by atoms with Crippen molar-refractivity contribution in [1.29, 1.82) is 0 Å². The molecule has 21 heavy (non-hydrogen) atoms. The molecule has 0 aliphatic rings. The SMILES string of the molecule is CN=C(NCc1ccn(C)c1)N(C)Cc1cccn1C.I. The van der Waals surface area contributed by atoms with Crippen LogP contribution in [0.1, 0.15) is 11.3 Å². The minimum absolute atomic E-state index is 0. The first-order valence-electron chi connectivity index (χ1n) is 6.73. The standard InChI is InChI=1S/C15H23N5.HI/c1-16-15(17-10-13-7-9-18(2)11-13)20(4)12-14-6-5-8-19(14)3;/h5-9,11H,10,12H2,1-4H3,(H,16,17);1H. The second kappa shape index (κ2) is 8.11. The van der Waals surface area contributed by atoms with E-state index < -0.39 is 0 Å². The summed E-state index contributed by atoms with van der Waals surface area (Å²) < 4.78 is 4.18. The topological polar surface area (TPSA) is 37.5 Å². The third-order valence-corrected chi connectivity index (χ3v) is 3.37. The number of aliphatic imine (C=N–C) groups is 1. The van der Waals surface area contributed by atoms with Gasteiger partial charge in [0.2, 0.25) is 0 Å². The number of hydrogen-bond acceptors (Lipinski definition) is 1. The molecule has 0 saturated heterocycles. The lowest BCUT2D eigenvalue weighted by Crippen LogP contribution is -2.38. The van der Waals surface area contributed by atoms with E-state index in [4.69, 9.17) is 0 Å². The van der Waals surface area contributed by atoms with E-state index in [-0.39, 0.29) is 24.0 Å². The Morgan fingerprint density at radius 2 is 2.05 bits per heavy atom. The van der Waals surface area contributed by atoms with Gasteiger partial charge in [-0.1, -0.05) is 0 Å². The molecule has 0 aromatic carbocycles.